The van der Waals surface area contributed by atoms with Gasteiger partial charge in [0, 0.05) is 36.3 Å². The van der Waals surface area contributed by atoms with Crippen LogP contribution in [0.3, 0.4) is 0 Å². The summed E-state index contributed by atoms with van der Waals surface area (Å²) in [7, 11) is 0. The SMILES string of the molecule is NC(=O)CCC1C(=O)Nc2ccc(N3CCOCC3)cc2-c2nc3ccc(C(N)=O)cc3n21. The van der Waals surface area contributed by atoms with Crippen LogP contribution in [0, 0.1) is 0 Å². The van der Waals surface area contributed by atoms with Gasteiger partial charge in [0.05, 0.1) is 29.9 Å². The Kier molecular flexibility index (Phi) is 5.21. The number of benzene rings is 2. The van der Waals surface area contributed by atoms with Crippen molar-refractivity contribution in [2.24, 2.45) is 11.5 Å². The number of nitrogens with zero attached hydrogens (tertiary/aromatic N) is 3. The number of nitrogens with one attached hydrogen (secondary N) is 1. The number of ether oxygens (including phenoxy) is 1. The first kappa shape index (κ1) is 21.0. The van der Waals surface area contributed by atoms with Gasteiger partial charge < -0.3 is 31.0 Å². The maximum atomic E-state index is 13.3. The van der Waals surface area contributed by atoms with Gasteiger partial charge in [0.2, 0.25) is 17.7 Å². The molecule has 0 spiro atoms. The van der Waals surface area contributed by atoms with Gasteiger partial charge in [0.1, 0.15) is 11.9 Å². The normalized spacial score (nSPS) is 17.8. The van der Waals surface area contributed by atoms with E-state index in [4.69, 9.17) is 21.2 Å². The van der Waals surface area contributed by atoms with Gasteiger partial charge in [-0.25, -0.2) is 4.98 Å². The Morgan fingerprint density at radius 2 is 1.91 bits per heavy atom. The largest absolute Gasteiger partial charge is 0.378 e. The van der Waals surface area contributed by atoms with Crippen LogP contribution in [0.15, 0.2) is 36.4 Å². The standard InChI is InChI=1S/C23H24N6O4/c24-20(30)6-5-18-23(32)27-16-4-2-14(28-7-9-33-10-8-28)12-15(16)22-26-17-3-1-13(21(25)31)11-19(17)29(18)22/h1-4,11-12,18H,5-10H2,(H2,24,30)(H2,25,31)(H,27,32). The van der Waals surface area contributed by atoms with Crippen molar-refractivity contribution < 1.29 is 19.1 Å². The summed E-state index contributed by atoms with van der Waals surface area (Å²) >= 11 is 0. The lowest BCUT2D eigenvalue weighted by molar-refractivity contribution is -0.120. The summed E-state index contributed by atoms with van der Waals surface area (Å²) in [6, 6.07) is 10.1. The lowest BCUT2D eigenvalue weighted by atomic mass is 10.1. The molecule has 0 bridgehead atoms. The summed E-state index contributed by atoms with van der Waals surface area (Å²) in [6.45, 7) is 2.84. The topological polar surface area (TPSA) is 146 Å². The Bertz CT molecular complexity index is 1280. The summed E-state index contributed by atoms with van der Waals surface area (Å²) in [6.07, 6.45) is 0.229. The molecule has 1 unspecified atom stereocenters. The predicted octanol–water partition coefficient (Wildman–Crippen LogP) is 1.40. The number of anilines is 2. The Morgan fingerprint density at radius 3 is 2.64 bits per heavy atom. The molecule has 0 radical (unpaired) electrons. The van der Waals surface area contributed by atoms with Crippen molar-refractivity contribution in [2.75, 3.05) is 36.5 Å². The molecule has 3 amide bonds. The lowest BCUT2D eigenvalue weighted by Crippen LogP contribution is -2.36. The van der Waals surface area contributed by atoms with Crippen LogP contribution in [0.5, 0.6) is 0 Å². The zero-order chi connectivity index (χ0) is 23.1. The average molecular weight is 448 g/mol. The molecule has 1 aromatic heterocycles. The number of nitrogens with two attached hydrogens (primary N) is 2. The second-order valence-corrected chi connectivity index (χ2v) is 8.21. The van der Waals surface area contributed by atoms with Crippen LogP contribution in [0.1, 0.15) is 29.2 Å². The van der Waals surface area contributed by atoms with Gasteiger partial charge in [-0.15, -0.1) is 0 Å². The van der Waals surface area contributed by atoms with Crippen molar-refractivity contribution in [2.45, 2.75) is 18.9 Å². The van der Waals surface area contributed by atoms with Crippen LogP contribution < -0.4 is 21.7 Å². The van der Waals surface area contributed by atoms with Gasteiger partial charge in [-0.1, -0.05) is 0 Å². The summed E-state index contributed by atoms with van der Waals surface area (Å²) < 4.78 is 7.25. The number of aromatic nitrogens is 2. The fourth-order valence-corrected chi connectivity index (χ4v) is 4.47. The minimum absolute atomic E-state index is 0.0298. The average Bonchev–Trinajstić information content (AvgIpc) is 3.13. The second kappa shape index (κ2) is 8.21. The van der Waals surface area contributed by atoms with Crippen LogP contribution >= 0.6 is 0 Å². The first-order valence-corrected chi connectivity index (χ1v) is 10.8. The molecule has 5 rings (SSSR count). The van der Waals surface area contributed by atoms with E-state index in [1.54, 1.807) is 22.8 Å². The third-order valence-electron chi connectivity index (χ3n) is 6.13. The van der Waals surface area contributed by atoms with Gasteiger partial charge in [-0.2, -0.15) is 0 Å². The smallest absolute Gasteiger partial charge is 0.248 e. The van der Waals surface area contributed by atoms with Crippen molar-refractivity contribution >= 4 is 40.1 Å². The van der Waals surface area contributed by atoms with E-state index in [9.17, 15) is 14.4 Å². The molecule has 1 fully saturated rings. The number of carbonyl (C=O) groups is 3. The first-order valence-electron chi connectivity index (χ1n) is 10.8. The number of amides is 3. The fourth-order valence-electron chi connectivity index (χ4n) is 4.47. The van der Waals surface area contributed by atoms with Crippen LogP contribution in [-0.4, -0.2) is 53.6 Å². The molecule has 3 heterocycles. The van der Waals surface area contributed by atoms with E-state index < -0.39 is 17.9 Å². The van der Waals surface area contributed by atoms with E-state index in [-0.39, 0.29) is 18.7 Å². The highest BCUT2D eigenvalue weighted by molar-refractivity contribution is 6.03. The van der Waals surface area contributed by atoms with Gasteiger partial charge in [0.15, 0.2) is 0 Å². The Morgan fingerprint density at radius 1 is 1.12 bits per heavy atom. The third-order valence-corrected chi connectivity index (χ3v) is 6.13. The van der Waals surface area contributed by atoms with Crippen molar-refractivity contribution in [1.82, 2.24) is 9.55 Å². The Hall–Kier alpha value is -3.92. The van der Waals surface area contributed by atoms with E-state index in [1.807, 2.05) is 18.2 Å². The quantitative estimate of drug-likeness (QED) is 0.538. The number of rotatable bonds is 5. The Labute approximate surface area is 189 Å². The van der Waals surface area contributed by atoms with Crippen molar-refractivity contribution in [3.63, 3.8) is 0 Å². The molecule has 2 aromatic carbocycles. The first-order chi connectivity index (χ1) is 15.9. The maximum absolute atomic E-state index is 13.3. The zero-order valence-electron chi connectivity index (χ0n) is 17.9. The van der Waals surface area contributed by atoms with Crippen LogP contribution in [0.4, 0.5) is 11.4 Å². The predicted molar refractivity (Wildman–Crippen MR) is 123 cm³/mol. The maximum Gasteiger partial charge on any atom is 0.248 e. The van der Waals surface area contributed by atoms with Crippen molar-refractivity contribution in [3.8, 4) is 11.4 Å². The minimum atomic E-state index is -0.736. The highest BCUT2D eigenvalue weighted by atomic mass is 16.5. The van der Waals surface area contributed by atoms with Crippen LogP contribution in [0.25, 0.3) is 22.4 Å². The molecular formula is C23H24N6O4. The number of imidazole rings is 1. The summed E-state index contributed by atoms with van der Waals surface area (Å²) in [5.74, 6) is -0.777. The molecule has 1 atom stereocenters. The third kappa shape index (κ3) is 3.78. The van der Waals surface area contributed by atoms with Crippen LogP contribution in [0.2, 0.25) is 0 Å². The fraction of sp³-hybridized carbons (Fsp3) is 0.304. The number of hydrogen-bond donors (Lipinski definition) is 3. The number of hydrogen-bond acceptors (Lipinski definition) is 6. The summed E-state index contributed by atoms with van der Waals surface area (Å²) in [5.41, 5.74) is 14.8. The van der Waals surface area contributed by atoms with E-state index in [0.717, 1.165) is 24.3 Å². The molecule has 10 nitrogen and oxygen atoms in total. The van der Waals surface area contributed by atoms with Gasteiger partial charge in [0.25, 0.3) is 0 Å². The molecule has 170 valence electrons. The molecule has 1 saturated heterocycles. The second-order valence-electron chi connectivity index (χ2n) is 8.21. The molecule has 2 aliphatic rings. The molecule has 0 saturated carbocycles. The minimum Gasteiger partial charge on any atom is -0.378 e. The van der Waals surface area contributed by atoms with Crippen molar-refractivity contribution in [3.05, 3.63) is 42.0 Å². The van der Waals surface area contributed by atoms with E-state index in [2.05, 4.69) is 10.2 Å². The monoisotopic (exact) mass is 448 g/mol. The van der Waals surface area contributed by atoms with E-state index >= 15 is 0 Å². The summed E-state index contributed by atoms with van der Waals surface area (Å²) in [5, 5.41) is 2.97. The molecule has 33 heavy (non-hydrogen) atoms. The molecule has 10 heteroatoms. The number of carbonyl (C=O) groups excluding carboxylic acids is 3. The lowest BCUT2D eigenvalue weighted by Gasteiger charge is -2.29. The number of primary amides is 2. The zero-order valence-corrected chi connectivity index (χ0v) is 17.9. The highest BCUT2D eigenvalue weighted by Crippen LogP contribution is 2.40. The number of fused-ring (bicyclic) bond motifs is 5. The Balaban J connectivity index is 1.71. The van der Waals surface area contributed by atoms with E-state index in [1.165, 1.54) is 0 Å². The molecule has 0 aliphatic carbocycles. The molecule has 2 aliphatic heterocycles. The molecule has 3 aromatic rings. The van der Waals surface area contributed by atoms with Crippen LogP contribution in [-0.2, 0) is 14.3 Å². The van der Waals surface area contributed by atoms with Crippen molar-refractivity contribution in [1.29, 1.82) is 0 Å². The van der Waals surface area contributed by atoms with Gasteiger partial charge in [-0.05, 0) is 42.8 Å². The van der Waals surface area contributed by atoms with Gasteiger partial charge >= 0.3 is 0 Å². The molecular weight excluding hydrogens is 424 g/mol. The van der Waals surface area contributed by atoms with E-state index in [0.29, 0.717) is 41.3 Å². The number of morpholine rings is 1. The summed E-state index contributed by atoms with van der Waals surface area (Å²) in [4.78, 5) is 43.6. The molecule has 5 N–H and O–H groups in total. The van der Waals surface area contributed by atoms with Gasteiger partial charge in [-0.3, -0.25) is 14.4 Å². The highest BCUT2D eigenvalue weighted by Gasteiger charge is 2.32.